The molecule has 0 spiro atoms. The molecule has 4 aliphatic carbocycles. The van der Waals surface area contributed by atoms with Crippen LogP contribution in [0.2, 0.25) is 0 Å². The molecule has 0 aliphatic heterocycles. The second kappa shape index (κ2) is 5.70. The summed E-state index contributed by atoms with van der Waals surface area (Å²) >= 11 is 6.83. The van der Waals surface area contributed by atoms with Crippen LogP contribution in [0.5, 0.6) is 0 Å². The molecule has 5 rings (SSSR count). The number of carbonyl (C=O) groups excluding carboxylic acids is 1. The molecular formula is C19H24ClNO2. The minimum absolute atomic E-state index is 0.000291. The van der Waals surface area contributed by atoms with E-state index in [-0.39, 0.29) is 16.4 Å². The Kier molecular flexibility index (Phi) is 3.79. The third kappa shape index (κ3) is 3.21. The largest absolute Gasteiger partial charge is 0.445 e. The van der Waals surface area contributed by atoms with E-state index < -0.39 is 0 Å². The van der Waals surface area contributed by atoms with Gasteiger partial charge in [-0.1, -0.05) is 30.3 Å². The van der Waals surface area contributed by atoms with E-state index in [2.05, 4.69) is 5.32 Å². The van der Waals surface area contributed by atoms with Gasteiger partial charge in [-0.05, 0) is 61.3 Å². The lowest BCUT2D eigenvalue weighted by molar-refractivity contribution is -0.0386. The van der Waals surface area contributed by atoms with E-state index in [1.807, 2.05) is 30.3 Å². The lowest BCUT2D eigenvalue weighted by atomic mass is 9.49. The highest BCUT2D eigenvalue weighted by Crippen LogP contribution is 2.63. The number of hydrogen-bond acceptors (Lipinski definition) is 2. The van der Waals surface area contributed by atoms with Crippen LogP contribution in [0.4, 0.5) is 4.79 Å². The quantitative estimate of drug-likeness (QED) is 0.824. The normalized spacial score (nSPS) is 37.6. The minimum atomic E-state index is -0.312. The monoisotopic (exact) mass is 333 g/mol. The van der Waals surface area contributed by atoms with Crippen molar-refractivity contribution < 1.29 is 9.53 Å². The maximum absolute atomic E-state index is 12.0. The first-order valence-corrected chi connectivity index (χ1v) is 9.06. The van der Waals surface area contributed by atoms with Crippen LogP contribution in [0.25, 0.3) is 0 Å². The zero-order chi connectivity index (χ0) is 15.9. The van der Waals surface area contributed by atoms with E-state index in [9.17, 15) is 4.79 Å². The van der Waals surface area contributed by atoms with Gasteiger partial charge in [0.2, 0.25) is 0 Å². The highest BCUT2D eigenvalue weighted by Gasteiger charge is 2.56. The van der Waals surface area contributed by atoms with Crippen LogP contribution < -0.4 is 5.32 Å². The number of alkyl carbamates (subject to hydrolysis) is 1. The fraction of sp³-hybridized carbons (Fsp3) is 0.632. The molecule has 23 heavy (non-hydrogen) atoms. The molecule has 0 aromatic heterocycles. The molecular weight excluding hydrogens is 310 g/mol. The molecule has 1 amide bonds. The van der Waals surface area contributed by atoms with Gasteiger partial charge in [-0.15, -0.1) is 11.6 Å². The van der Waals surface area contributed by atoms with Crippen LogP contribution in [0.15, 0.2) is 30.3 Å². The van der Waals surface area contributed by atoms with Crippen LogP contribution >= 0.6 is 11.6 Å². The highest BCUT2D eigenvalue weighted by molar-refractivity contribution is 6.24. The van der Waals surface area contributed by atoms with Crippen LogP contribution in [0.1, 0.15) is 44.1 Å². The Bertz CT molecular complexity index is 574. The molecule has 2 unspecified atom stereocenters. The van der Waals surface area contributed by atoms with Crippen molar-refractivity contribution in [3.8, 4) is 0 Å². The maximum Gasteiger partial charge on any atom is 0.407 e. The number of ether oxygens (including phenoxy) is 1. The van der Waals surface area contributed by atoms with Gasteiger partial charge in [0.05, 0.1) is 0 Å². The molecule has 0 heterocycles. The standard InChI is InChI=1S/C19H24ClNO2/c20-19-9-15-6-16(10-19)8-18(7-15,12-19)13-21-17(22)23-11-14-4-2-1-3-5-14/h1-5,15-16H,6-13H2,(H,21,22). The third-order valence-corrected chi connectivity index (χ3v) is 6.37. The summed E-state index contributed by atoms with van der Waals surface area (Å²) in [6, 6.07) is 9.78. The van der Waals surface area contributed by atoms with E-state index >= 15 is 0 Å². The average Bonchev–Trinajstić information content (AvgIpc) is 2.50. The van der Waals surface area contributed by atoms with Gasteiger partial charge in [0.1, 0.15) is 6.61 Å². The van der Waals surface area contributed by atoms with Gasteiger partial charge in [-0.25, -0.2) is 4.79 Å². The Morgan fingerprint density at radius 1 is 1.17 bits per heavy atom. The van der Waals surface area contributed by atoms with E-state index in [0.717, 1.165) is 23.8 Å². The number of alkyl halides is 1. The van der Waals surface area contributed by atoms with Gasteiger partial charge in [-0.3, -0.25) is 0 Å². The van der Waals surface area contributed by atoms with Crippen LogP contribution in [-0.4, -0.2) is 17.5 Å². The van der Waals surface area contributed by atoms with Crippen molar-refractivity contribution in [3.63, 3.8) is 0 Å². The first-order valence-electron chi connectivity index (χ1n) is 8.68. The smallest absolute Gasteiger partial charge is 0.407 e. The third-order valence-electron chi connectivity index (χ3n) is 5.93. The molecule has 1 N–H and O–H groups in total. The number of benzene rings is 1. The van der Waals surface area contributed by atoms with Crippen LogP contribution in [0, 0.1) is 17.3 Å². The molecule has 2 atom stereocenters. The summed E-state index contributed by atoms with van der Waals surface area (Å²) in [5.41, 5.74) is 1.22. The van der Waals surface area contributed by atoms with E-state index in [0.29, 0.717) is 13.2 Å². The first-order chi connectivity index (χ1) is 11.0. The van der Waals surface area contributed by atoms with Crippen molar-refractivity contribution in [2.45, 2.75) is 50.0 Å². The second-order valence-electron chi connectivity index (χ2n) is 8.03. The fourth-order valence-corrected chi connectivity index (χ4v) is 6.30. The number of halogens is 1. The Morgan fingerprint density at radius 2 is 1.87 bits per heavy atom. The lowest BCUT2D eigenvalue weighted by Crippen LogP contribution is -2.56. The number of carbonyl (C=O) groups is 1. The van der Waals surface area contributed by atoms with Gasteiger partial charge >= 0.3 is 6.09 Å². The summed E-state index contributed by atoms with van der Waals surface area (Å²) in [6.07, 6.45) is 6.86. The molecule has 4 saturated carbocycles. The number of hydrogen-bond donors (Lipinski definition) is 1. The zero-order valence-electron chi connectivity index (χ0n) is 13.4. The maximum atomic E-state index is 12.0. The van der Waals surface area contributed by atoms with Crippen molar-refractivity contribution >= 4 is 17.7 Å². The first kappa shape index (κ1) is 15.3. The second-order valence-corrected chi connectivity index (χ2v) is 8.83. The van der Waals surface area contributed by atoms with Gasteiger partial charge in [-0.2, -0.15) is 0 Å². The summed E-state index contributed by atoms with van der Waals surface area (Å²) in [7, 11) is 0. The van der Waals surface area contributed by atoms with Crippen molar-refractivity contribution in [1.29, 1.82) is 0 Å². The number of amides is 1. The molecule has 1 aromatic rings. The van der Waals surface area contributed by atoms with Crippen LogP contribution in [-0.2, 0) is 11.3 Å². The van der Waals surface area contributed by atoms with Gasteiger partial charge < -0.3 is 10.1 Å². The van der Waals surface area contributed by atoms with Crippen molar-refractivity contribution in [3.05, 3.63) is 35.9 Å². The fourth-order valence-electron chi connectivity index (χ4n) is 5.58. The summed E-state index contributed by atoms with van der Waals surface area (Å²) in [4.78, 5) is 12.0. The molecule has 1 aromatic carbocycles. The molecule has 4 bridgehead atoms. The Labute approximate surface area is 142 Å². The molecule has 3 nitrogen and oxygen atoms in total. The highest BCUT2D eigenvalue weighted by atomic mass is 35.5. The molecule has 4 heteroatoms. The lowest BCUT2D eigenvalue weighted by Gasteiger charge is -2.60. The van der Waals surface area contributed by atoms with Crippen molar-refractivity contribution in [2.75, 3.05) is 6.54 Å². The minimum Gasteiger partial charge on any atom is -0.445 e. The Balaban J connectivity index is 1.31. The predicted octanol–water partition coefficient (Wildman–Crippen LogP) is 4.49. The molecule has 0 radical (unpaired) electrons. The van der Waals surface area contributed by atoms with E-state index in [1.54, 1.807) is 0 Å². The van der Waals surface area contributed by atoms with Gasteiger partial charge in [0.15, 0.2) is 0 Å². The summed E-state index contributed by atoms with van der Waals surface area (Å²) in [6.45, 7) is 1.03. The number of rotatable bonds is 4. The molecule has 124 valence electrons. The Morgan fingerprint density at radius 3 is 2.52 bits per heavy atom. The number of nitrogens with one attached hydrogen (secondary N) is 1. The summed E-state index contributed by atoms with van der Waals surface area (Å²) < 4.78 is 5.33. The molecule has 0 saturated heterocycles. The molecule has 4 fully saturated rings. The summed E-state index contributed by atoms with van der Waals surface area (Å²) in [5.74, 6) is 1.52. The predicted molar refractivity (Wildman–Crippen MR) is 90.3 cm³/mol. The zero-order valence-corrected chi connectivity index (χ0v) is 14.1. The van der Waals surface area contributed by atoms with Gasteiger partial charge in [0.25, 0.3) is 0 Å². The SMILES string of the molecule is O=C(NCC12CC3CC(CC(Cl)(C3)C1)C2)OCc1ccccc1. The average molecular weight is 334 g/mol. The van der Waals surface area contributed by atoms with Gasteiger partial charge in [0, 0.05) is 11.4 Å². The topological polar surface area (TPSA) is 38.3 Å². The Hall–Kier alpha value is -1.22. The van der Waals surface area contributed by atoms with Crippen molar-refractivity contribution in [1.82, 2.24) is 5.32 Å². The summed E-state index contributed by atoms with van der Waals surface area (Å²) in [5, 5.41) is 3.01. The van der Waals surface area contributed by atoms with Crippen LogP contribution in [0.3, 0.4) is 0 Å². The van der Waals surface area contributed by atoms with E-state index in [1.165, 1.54) is 32.1 Å². The van der Waals surface area contributed by atoms with E-state index in [4.69, 9.17) is 16.3 Å². The van der Waals surface area contributed by atoms with Crippen molar-refractivity contribution in [2.24, 2.45) is 17.3 Å². The molecule has 4 aliphatic rings.